The quantitative estimate of drug-likeness (QED) is 0.733. The van der Waals surface area contributed by atoms with Crippen LogP contribution in [0.25, 0.3) is 10.8 Å². The van der Waals surface area contributed by atoms with Crippen LogP contribution < -0.4 is 16.0 Å². The highest BCUT2D eigenvalue weighted by Crippen LogP contribution is 2.17. The average Bonchev–Trinajstić information content (AvgIpc) is 2.68. The maximum Gasteiger partial charge on any atom is 0.275 e. The zero-order chi connectivity index (χ0) is 19.6. The van der Waals surface area contributed by atoms with E-state index in [2.05, 4.69) is 10.4 Å². The maximum atomic E-state index is 12.7. The Balaban J connectivity index is 2.05. The van der Waals surface area contributed by atoms with Gasteiger partial charge in [0, 0.05) is 5.39 Å². The molecule has 1 heterocycles. The molecule has 0 radical (unpaired) electrons. The summed E-state index contributed by atoms with van der Waals surface area (Å²) in [5.41, 5.74) is -0.493. The number of carboxylic acids is 1. The minimum Gasteiger partial charge on any atom is -0.543 e. The van der Waals surface area contributed by atoms with Crippen molar-refractivity contribution in [3.05, 3.63) is 70.1 Å². The predicted octanol–water partition coefficient (Wildman–Crippen LogP) is 0.831. The number of para-hydroxylation sites is 1. The van der Waals surface area contributed by atoms with Crippen molar-refractivity contribution in [3.63, 3.8) is 0 Å². The third-order valence-electron chi connectivity index (χ3n) is 4.07. The lowest BCUT2D eigenvalue weighted by Gasteiger charge is -2.17. The van der Waals surface area contributed by atoms with Gasteiger partial charge in [-0.05, 0) is 25.1 Å². The highest BCUT2D eigenvalue weighted by atomic mass is 16.4. The van der Waals surface area contributed by atoms with Crippen molar-refractivity contribution in [2.75, 3.05) is 5.32 Å². The Hall–Kier alpha value is -3.99. The molecular formula is C19H13N4O4-. The van der Waals surface area contributed by atoms with E-state index in [1.54, 1.807) is 30.3 Å². The fraction of sp³-hybridized carbons (Fsp3) is 0.105. The summed E-state index contributed by atoms with van der Waals surface area (Å²) in [5.74, 6) is -2.17. The van der Waals surface area contributed by atoms with Crippen molar-refractivity contribution in [2.45, 2.75) is 13.0 Å². The highest BCUT2D eigenvalue weighted by Gasteiger charge is 2.21. The molecule has 3 rings (SSSR count). The molecule has 1 aromatic heterocycles. The number of carbonyl (C=O) groups is 2. The van der Waals surface area contributed by atoms with Crippen molar-refractivity contribution < 1.29 is 14.7 Å². The van der Waals surface area contributed by atoms with Crippen LogP contribution in [-0.2, 0) is 4.79 Å². The normalized spacial score (nSPS) is 11.6. The Kier molecular flexibility index (Phi) is 4.68. The van der Waals surface area contributed by atoms with Gasteiger partial charge in [-0.25, -0.2) is 4.68 Å². The van der Waals surface area contributed by atoms with Crippen molar-refractivity contribution in [1.82, 2.24) is 9.78 Å². The number of amides is 1. The Morgan fingerprint density at radius 3 is 2.44 bits per heavy atom. The summed E-state index contributed by atoms with van der Waals surface area (Å²) in [6, 6.07) is 13.3. The second kappa shape index (κ2) is 7.09. The van der Waals surface area contributed by atoms with Crippen LogP contribution in [-0.4, -0.2) is 21.7 Å². The number of nitriles is 1. The molecule has 0 saturated carbocycles. The maximum absolute atomic E-state index is 12.7. The van der Waals surface area contributed by atoms with Gasteiger partial charge in [-0.1, -0.05) is 30.3 Å². The topological polar surface area (TPSA) is 128 Å². The number of nitrogens with zero attached hydrogens (tertiary/aromatic N) is 3. The molecule has 0 spiro atoms. The van der Waals surface area contributed by atoms with Gasteiger partial charge >= 0.3 is 0 Å². The lowest BCUT2D eigenvalue weighted by atomic mass is 10.1. The molecule has 0 aliphatic heterocycles. The molecule has 3 aromatic rings. The van der Waals surface area contributed by atoms with Crippen LogP contribution in [0.1, 0.15) is 29.0 Å². The van der Waals surface area contributed by atoms with E-state index in [9.17, 15) is 19.5 Å². The van der Waals surface area contributed by atoms with Crippen LogP contribution >= 0.6 is 0 Å². The van der Waals surface area contributed by atoms with Gasteiger partial charge < -0.3 is 15.2 Å². The number of aromatic carboxylic acids is 1. The van der Waals surface area contributed by atoms with Gasteiger partial charge in [0.25, 0.3) is 5.56 Å². The average molecular weight is 361 g/mol. The first-order chi connectivity index (χ1) is 12.9. The van der Waals surface area contributed by atoms with Crippen LogP contribution in [0.5, 0.6) is 0 Å². The number of carbonyl (C=O) groups excluding carboxylic acids is 2. The summed E-state index contributed by atoms with van der Waals surface area (Å²) in [7, 11) is 0. The van der Waals surface area contributed by atoms with Gasteiger partial charge in [-0.2, -0.15) is 10.4 Å². The molecule has 1 amide bonds. The van der Waals surface area contributed by atoms with Gasteiger partial charge in [0.05, 0.1) is 22.6 Å². The van der Waals surface area contributed by atoms with Crippen molar-refractivity contribution in [3.8, 4) is 6.07 Å². The Bertz CT molecular complexity index is 1160. The number of aromatic nitrogens is 2. The molecule has 2 aromatic carbocycles. The lowest BCUT2D eigenvalue weighted by Crippen LogP contribution is -2.36. The number of hydrogen-bond donors (Lipinski definition) is 1. The second-order valence-corrected chi connectivity index (χ2v) is 5.75. The Morgan fingerprint density at radius 1 is 1.15 bits per heavy atom. The van der Waals surface area contributed by atoms with Gasteiger partial charge in [0.15, 0.2) is 0 Å². The summed E-state index contributed by atoms with van der Waals surface area (Å²) in [5, 5.41) is 27.2. The molecule has 0 fully saturated rings. The molecule has 8 nitrogen and oxygen atoms in total. The monoisotopic (exact) mass is 361 g/mol. The zero-order valence-corrected chi connectivity index (χ0v) is 14.2. The van der Waals surface area contributed by atoms with E-state index in [0.29, 0.717) is 0 Å². The van der Waals surface area contributed by atoms with E-state index in [4.69, 9.17) is 5.26 Å². The predicted molar refractivity (Wildman–Crippen MR) is 94.8 cm³/mol. The van der Waals surface area contributed by atoms with Crippen molar-refractivity contribution in [2.24, 2.45) is 0 Å². The molecule has 134 valence electrons. The summed E-state index contributed by atoms with van der Waals surface area (Å²) in [4.78, 5) is 36.7. The number of anilines is 1. The molecule has 1 N–H and O–H groups in total. The number of nitrogens with one attached hydrogen (secondary N) is 1. The van der Waals surface area contributed by atoms with Crippen molar-refractivity contribution in [1.29, 1.82) is 5.26 Å². The third-order valence-corrected chi connectivity index (χ3v) is 4.07. The molecule has 1 atom stereocenters. The van der Waals surface area contributed by atoms with E-state index < -0.39 is 29.2 Å². The van der Waals surface area contributed by atoms with E-state index in [1.807, 2.05) is 6.07 Å². The summed E-state index contributed by atoms with van der Waals surface area (Å²) >= 11 is 0. The Morgan fingerprint density at radius 2 is 1.78 bits per heavy atom. The minimum absolute atomic E-state index is 0.115. The fourth-order valence-corrected chi connectivity index (χ4v) is 2.66. The summed E-state index contributed by atoms with van der Waals surface area (Å²) in [6.07, 6.45) is 0. The number of hydrogen-bond acceptors (Lipinski definition) is 6. The molecule has 0 aliphatic carbocycles. The first-order valence-corrected chi connectivity index (χ1v) is 7.97. The molecule has 0 bridgehead atoms. The van der Waals surface area contributed by atoms with Gasteiger partial charge in [0.2, 0.25) is 5.91 Å². The summed E-state index contributed by atoms with van der Waals surface area (Å²) in [6.45, 7) is 1.41. The fourth-order valence-electron chi connectivity index (χ4n) is 2.66. The number of fused-ring (bicyclic) bond motifs is 1. The summed E-state index contributed by atoms with van der Waals surface area (Å²) < 4.78 is 0.803. The largest absolute Gasteiger partial charge is 0.543 e. The zero-order valence-electron chi connectivity index (χ0n) is 14.2. The minimum atomic E-state index is -1.55. The first-order valence-electron chi connectivity index (χ1n) is 7.97. The van der Waals surface area contributed by atoms with Gasteiger partial charge in [-0.3, -0.25) is 9.59 Å². The lowest BCUT2D eigenvalue weighted by molar-refractivity contribution is -0.255. The Labute approximate surface area is 153 Å². The number of benzene rings is 2. The molecular weight excluding hydrogens is 348 g/mol. The van der Waals surface area contributed by atoms with Crippen LogP contribution in [0.4, 0.5) is 5.69 Å². The molecule has 0 unspecified atom stereocenters. The molecule has 0 saturated heterocycles. The van der Waals surface area contributed by atoms with Gasteiger partial charge in [0.1, 0.15) is 17.8 Å². The number of rotatable bonds is 4. The van der Waals surface area contributed by atoms with E-state index in [0.717, 1.165) is 4.68 Å². The standard InChI is InChI=1S/C19H14N4O4/c1-11(17(24)21-15-9-5-2-6-12(15)10-20)23-18(25)14-8-4-3-7-13(14)16(22-23)19(26)27/h2-9,11H,1H3,(H,21,24)(H,26,27)/p-1/t11-/m1/s1. The smallest absolute Gasteiger partial charge is 0.275 e. The van der Waals surface area contributed by atoms with E-state index in [1.165, 1.54) is 25.1 Å². The first kappa shape index (κ1) is 17.8. The van der Waals surface area contributed by atoms with Crippen molar-refractivity contribution >= 4 is 28.3 Å². The van der Waals surface area contributed by atoms with E-state index in [-0.39, 0.29) is 22.0 Å². The van der Waals surface area contributed by atoms with Gasteiger partial charge in [-0.15, -0.1) is 0 Å². The molecule has 0 aliphatic rings. The van der Waals surface area contributed by atoms with Crippen LogP contribution in [0.15, 0.2) is 53.3 Å². The van der Waals surface area contributed by atoms with E-state index >= 15 is 0 Å². The SMILES string of the molecule is C[C@H](C(=O)Nc1ccccc1C#N)n1nc(C(=O)[O-])c2ccccc2c1=O. The molecule has 27 heavy (non-hydrogen) atoms. The third kappa shape index (κ3) is 3.26. The van der Waals surface area contributed by atoms with Crippen LogP contribution in [0.2, 0.25) is 0 Å². The number of carboxylic acid groups (broad SMARTS) is 1. The van der Waals surface area contributed by atoms with Crippen LogP contribution in [0.3, 0.4) is 0 Å². The highest BCUT2D eigenvalue weighted by molar-refractivity contribution is 6.00. The van der Waals surface area contributed by atoms with Crippen LogP contribution in [0, 0.1) is 11.3 Å². The molecule has 8 heteroatoms. The second-order valence-electron chi connectivity index (χ2n) is 5.75.